The van der Waals surface area contributed by atoms with Crippen LogP contribution in [0.4, 0.5) is 0 Å². The number of rotatable bonds is 5. The minimum Gasteiger partial charge on any atom is -0.495 e. The Bertz CT molecular complexity index is 1550. The maximum absolute atomic E-state index is 13.4. The Balaban J connectivity index is 2.06. The van der Waals surface area contributed by atoms with Crippen molar-refractivity contribution in [2.24, 2.45) is 0 Å². The molecular formula is C22H16N6O3S. The van der Waals surface area contributed by atoms with Crippen LogP contribution in [0, 0.1) is 29.6 Å². The number of nitrogens with zero attached hydrogens (tertiary/aromatic N) is 6. The molecule has 0 bridgehead atoms. The lowest BCUT2D eigenvalue weighted by Gasteiger charge is -2.11. The van der Waals surface area contributed by atoms with Crippen molar-refractivity contribution in [2.45, 2.75) is 19.9 Å². The van der Waals surface area contributed by atoms with E-state index in [2.05, 4.69) is 9.97 Å². The third-order valence-corrected chi connectivity index (χ3v) is 6.00. The van der Waals surface area contributed by atoms with Gasteiger partial charge >= 0.3 is 5.69 Å². The molecule has 0 fully saturated rings. The average Bonchev–Trinajstić information content (AvgIpc) is 3.24. The number of fused-ring (bicyclic) bond motifs is 1. The van der Waals surface area contributed by atoms with Gasteiger partial charge in [-0.25, -0.2) is 14.3 Å². The fourth-order valence-electron chi connectivity index (χ4n) is 3.38. The number of aromatic nitrogens is 4. The molecule has 10 heteroatoms. The van der Waals surface area contributed by atoms with E-state index in [1.165, 1.54) is 24.1 Å². The van der Waals surface area contributed by atoms with Crippen LogP contribution in [-0.2, 0) is 6.54 Å². The smallest absolute Gasteiger partial charge is 0.336 e. The van der Waals surface area contributed by atoms with E-state index in [9.17, 15) is 14.9 Å². The van der Waals surface area contributed by atoms with Crippen molar-refractivity contribution in [1.82, 2.24) is 19.1 Å². The summed E-state index contributed by atoms with van der Waals surface area (Å²) in [5, 5.41) is 18.6. The minimum atomic E-state index is -0.557. The second-order valence-electron chi connectivity index (χ2n) is 6.91. The number of nitriles is 2. The lowest BCUT2D eigenvalue weighted by molar-refractivity contribution is 0.413. The molecule has 0 spiro atoms. The van der Waals surface area contributed by atoms with Crippen LogP contribution in [0.2, 0.25) is 0 Å². The van der Waals surface area contributed by atoms with Crippen molar-refractivity contribution in [3.05, 3.63) is 68.9 Å². The average molecular weight is 444 g/mol. The fraction of sp³-hybridized carbons (Fsp3) is 0.182. The van der Waals surface area contributed by atoms with Gasteiger partial charge in [-0.15, -0.1) is 11.3 Å². The number of aryl methyl sites for hydroxylation is 2. The molecule has 0 aliphatic rings. The van der Waals surface area contributed by atoms with Crippen LogP contribution in [0.25, 0.3) is 26.3 Å². The number of ether oxygens (including phenoxy) is 1. The molecule has 4 aromatic rings. The van der Waals surface area contributed by atoms with E-state index in [4.69, 9.17) is 10.00 Å². The van der Waals surface area contributed by atoms with Gasteiger partial charge in [-0.05, 0) is 30.7 Å². The molecule has 0 aromatic carbocycles. The van der Waals surface area contributed by atoms with E-state index >= 15 is 0 Å². The molecule has 0 N–H and O–H groups in total. The van der Waals surface area contributed by atoms with Gasteiger partial charge in [-0.1, -0.05) is 0 Å². The molecule has 4 aromatic heterocycles. The van der Waals surface area contributed by atoms with Crippen molar-refractivity contribution in [2.75, 3.05) is 7.11 Å². The maximum atomic E-state index is 13.4. The van der Waals surface area contributed by atoms with Crippen LogP contribution >= 0.6 is 11.3 Å². The van der Waals surface area contributed by atoms with Crippen LogP contribution in [0.5, 0.6) is 5.75 Å². The first-order valence-electron chi connectivity index (χ1n) is 9.51. The number of hydrogen-bond acceptors (Lipinski definition) is 8. The highest BCUT2D eigenvalue weighted by molar-refractivity contribution is 7.22. The predicted molar refractivity (Wildman–Crippen MR) is 119 cm³/mol. The number of methoxy groups -OCH3 is 1. The summed E-state index contributed by atoms with van der Waals surface area (Å²) in [7, 11) is 1.49. The van der Waals surface area contributed by atoms with Gasteiger partial charge in [-0.2, -0.15) is 10.5 Å². The monoisotopic (exact) mass is 444 g/mol. The molecule has 0 unspecified atom stereocenters. The maximum Gasteiger partial charge on any atom is 0.336 e. The molecule has 0 amide bonds. The molecular weight excluding hydrogens is 428 g/mol. The van der Waals surface area contributed by atoms with E-state index < -0.39 is 11.2 Å². The summed E-state index contributed by atoms with van der Waals surface area (Å²) in [6.45, 7) is 1.93. The van der Waals surface area contributed by atoms with E-state index in [1.807, 2.05) is 19.1 Å². The van der Waals surface area contributed by atoms with Crippen molar-refractivity contribution in [3.63, 3.8) is 0 Å². The van der Waals surface area contributed by atoms with E-state index in [0.717, 1.165) is 21.5 Å². The zero-order valence-electron chi connectivity index (χ0n) is 17.2. The summed E-state index contributed by atoms with van der Waals surface area (Å²) in [5.41, 5.74) is 1.17. The highest BCUT2D eigenvalue weighted by Gasteiger charge is 2.20. The van der Waals surface area contributed by atoms with E-state index in [0.29, 0.717) is 32.1 Å². The van der Waals surface area contributed by atoms with E-state index in [1.54, 1.807) is 24.4 Å². The summed E-state index contributed by atoms with van der Waals surface area (Å²) < 4.78 is 8.02. The van der Waals surface area contributed by atoms with Gasteiger partial charge in [-0.3, -0.25) is 14.3 Å². The standard InChI is InChI=1S/C22H16N6O3S/c1-13-6-14(11-25-10-13)28-21(29)20-18(27(22(28)30)5-3-4-23)8-19(32-20)16-7-15(31-2)12-26-17(16)9-24/h6-8,10-12H,3,5H2,1-2H3. The van der Waals surface area contributed by atoms with Gasteiger partial charge in [0.1, 0.15) is 22.2 Å². The van der Waals surface area contributed by atoms with Crippen LogP contribution in [0.1, 0.15) is 17.7 Å². The van der Waals surface area contributed by atoms with Gasteiger partial charge in [0, 0.05) is 23.2 Å². The van der Waals surface area contributed by atoms with Gasteiger partial charge in [0.2, 0.25) is 0 Å². The van der Waals surface area contributed by atoms with Gasteiger partial charge in [0.15, 0.2) is 0 Å². The van der Waals surface area contributed by atoms with Crippen LogP contribution in [0.3, 0.4) is 0 Å². The highest BCUT2D eigenvalue weighted by Crippen LogP contribution is 2.34. The summed E-state index contributed by atoms with van der Waals surface area (Å²) in [5.74, 6) is 0.460. The molecule has 0 atom stereocenters. The molecule has 0 saturated carbocycles. The zero-order valence-corrected chi connectivity index (χ0v) is 18.0. The molecule has 0 saturated heterocycles. The second-order valence-corrected chi connectivity index (χ2v) is 7.96. The van der Waals surface area contributed by atoms with Gasteiger partial charge in [0.25, 0.3) is 5.56 Å². The second kappa shape index (κ2) is 8.46. The van der Waals surface area contributed by atoms with Crippen molar-refractivity contribution < 1.29 is 4.74 Å². The number of hydrogen-bond donors (Lipinski definition) is 0. The summed E-state index contributed by atoms with van der Waals surface area (Å²) in [6.07, 6.45) is 4.61. The molecule has 32 heavy (non-hydrogen) atoms. The molecule has 0 radical (unpaired) electrons. The first kappa shape index (κ1) is 21.0. The van der Waals surface area contributed by atoms with Gasteiger partial charge in [0.05, 0.1) is 43.2 Å². The third-order valence-electron chi connectivity index (χ3n) is 4.86. The zero-order chi connectivity index (χ0) is 22.8. The molecule has 0 aliphatic carbocycles. The normalized spacial score (nSPS) is 10.6. The fourth-order valence-corrected chi connectivity index (χ4v) is 4.49. The van der Waals surface area contributed by atoms with Crippen LogP contribution in [-0.4, -0.2) is 26.2 Å². The SMILES string of the molecule is COc1cnc(C#N)c(-c2cc3c(s2)c(=O)n(-c2cncc(C)c2)c(=O)n3CCC#N)c1. The first-order chi connectivity index (χ1) is 15.5. The molecule has 9 nitrogen and oxygen atoms in total. The summed E-state index contributed by atoms with van der Waals surface area (Å²) >= 11 is 1.15. The van der Waals surface area contributed by atoms with Crippen molar-refractivity contribution >= 4 is 21.6 Å². The van der Waals surface area contributed by atoms with E-state index in [-0.39, 0.29) is 18.7 Å². The summed E-state index contributed by atoms with van der Waals surface area (Å²) in [4.78, 5) is 35.5. The van der Waals surface area contributed by atoms with Crippen LogP contribution < -0.4 is 16.0 Å². The molecule has 158 valence electrons. The Kier molecular flexibility index (Phi) is 5.54. The Morgan fingerprint density at radius 3 is 2.66 bits per heavy atom. The topological polar surface area (TPSA) is 127 Å². The van der Waals surface area contributed by atoms with Crippen molar-refractivity contribution in [3.8, 4) is 34.0 Å². The van der Waals surface area contributed by atoms with Gasteiger partial charge < -0.3 is 4.74 Å². The largest absolute Gasteiger partial charge is 0.495 e. The number of thiophene rings is 1. The predicted octanol–water partition coefficient (Wildman–Crippen LogP) is 2.77. The Hall–Kier alpha value is -4.28. The van der Waals surface area contributed by atoms with Crippen molar-refractivity contribution in [1.29, 1.82) is 10.5 Å². The van der Waals surface area contributed by atoms with Crippen LogP contribution in [0.15, 0.2) is 46.4 Å². The Labute approximate surface area is 186 Å². The Morgan fingerprint density at radius 1 is 1.16 bits per heavy atom. The third kappa shape index (κ3) is 3.53. The molecule has 4 heterocycles. The highest BCUT2D eigenvalue weighted by atomic mass is 32.1. The molecule has 4 rings (SSSR count). The first-order valence-corrected chi connectivity index (χ1v) is 10.3. The quantitative estimate of drug-likeness (QED) is 0.463. The number of pyridine rings is 2. The minimum absolute atomic E-state index is 0.0919. The summed E-state index contributed by atoms with van der Waals surface area (Å²) in [6, 6.07) is 9.12. The molecule has 0 aliphatic heterocycles. The lowest BCUT2D eigenvalue weighted by atomic mass is 10.1. The Morgan fingerprint density at radius 2 is 1.97 bits per heavy atom. The lowest BCUT2D eigenvalue weighted by Crippen LogP contribution is -2.38.